The Hall–Kier alpha value is -1.42. The lowest BCUT2D eigenvalue weighted by Gasteiger charge is -2.28. The molecule has 15 heavy (non-hydrogen) atoms. The first-order valence-electron chi connectivity index (χ1n) is 4.99. The van der Waals surface area contributed by atoms with Gasteiger partial charge in [-0.05, 0) is 18.6 Å². The second-order valence-electron chi connectivity index (χ2n) is 3.78. The van der Waals surface area contributed by atoms with Gasteiger partial charge in [-0.2, -0.15) is 0 Å². The third kappa shape index (κ3) is 2.33. The molecule has 1 unspecified atom stereocenters. The van der Waals surface area contributed by atoms with Gasteiger partial charge in [0.2, 0.25) is 0 Å². The number of aromatic nitrogens is 1. The zero-order valence-electron chi connectivity index (χ0n) is 8.30. The van der Waals surface area contributed by atoms with Gasteiger partial charge >= 0.3 is 5.97 Å². The molecule has 2 rings (SSSR count). The SMILES string of the molecule is O=C(O)C(CC1COC1)c1ccccn1. The summed E-state index contributed by atoms with van der Waals surface area (Å²) in [4.78, 5) is 15.2. The minimum atomic E-state index is -0.805. The highest BCUT2D eigenvalue weighted by molar-refractivity contribution is 5.75. The first kappa shape index (κ1) is 10.1. The maximum atomic E-state index is 11.1. The minimum absolute atomic E-state index is 0.369. The van der Waals surface area contributed by atoms with Gasteiger partial charge in [0.05, 0.1) is 24.8 Å². The second kappa shape index (κ2) is 4.40. The molecule has 0 bridgehead atoms. The summed E-state index contributed by atoms with van der Waals surface area (Å²) in [5.41, 5.74) is 0.636. The van der Waals surface area contributed by atoms with Crippen LogP contribution in [0.2, 0.25) is 0 Å². The van der Waals surface area contributed by atoms with Crippen molar-refractivity contribution in [3.63, 3.8) is 0 Å². The maximum Gasteiger partial charge on any atom is 0.312 e. The molecule has 1 aliphatic heterocycles. The molecule has 1 aromatic rings. The Morgan fingerprint density at radius 1 is 1.60 bits per heavy atom. The van der Waals surface area contributed by atoms with Crippen molar-refractivity contribution in [2.24, 2.45) is 5.92 Å². The summed E-state index contributed by atoms with van der Waals surface area (Å²) in [6.07, 6.45) is 2.24. The van der Waals surface area contributed by atoms with Crippen LogP contribution in [0.5, 0.6) is 0 Å². The largest absolute Gasteiger partial charge is 0.481 e. The van der Waals surface area contributed by atoms with Crippen molar-refractivity contribution in [3.05, 3.63) is 30.1 Å². The third-order valence-electron chi connectivity index (χ3n) is 2.62. The van der Waals surface area contributed by atoms with Crippen molar-refractivity contribution < 1.29 is 14.6 Å². The number of pyridine rings is 1. The number of carboxylic acid groups (broad SMARTS) is 1. The van der Waals surface area contributed by atoms with Crippen molar-refractivity contribution >= 4 is 5.97 Å². The molecule has 1 aromatic heterocycles. The molecule has 4 nitrogen and oxygen atoms in total. The molecule has 2 heterocycles. The molecule has 0 aromatic carbocycles. The Bertz CT molecular complexity index is 335. The normalized spacial score (nSPS) is 18.1. The zero-order valence-corrected chi connectivity index (χ0v) is 8.30. The molecule has 1 fully saturated rings. The van der Waals surface area contributed by atoms with E-state index >= 15 is 0 Å². The van der Waals surface area contributed by atoms with Crippen molar-refractivity contribution in [1.29, 1.82) is 0 Å². The average Bonchev–Trinajstić information content (AvgIpc) is 2.17. The van der Waals surface area contributed by atoms with Crippen LogP contribution in [0.4, 0.5) is 0 Å². The summed E-state index contributed by atoms with van der Waals surface area (Å²) >= 11 is 0. The molecule has 80 valence electrons. The van der Waals surface area contributed by atoms with Crippen molar-refractivity contribution in [2.45, 2.75) is 12.3 Å². The van der Waals surface area contributed by atoms with E-state index in [4.69, 9.17) is 9.84 Å². The fraction of sp³-hybridized carbons (Fsp3) is 0.455. The Kier molecular flexibility index (Phi) is 2.97. The van der Waals surface area contributed by atoms with E-state index in [9.17, 15) is 4.79 Å². The van der Waals surface area contributed by atoms with E-state index in [1.54, 1.807) is 18.3 Å². The number of carbonyl (C=O) groups is 1. The van der Waals surface area contributed by atoms with E-state index in [0.29, 0.717) is 31.2 Å². The van der Waals surface area contributed by atoms with Crippen molar-refractivity contribution in [2.75, 3.05) is 13.2 Å². The van der Waals surface area contributed by atoms with Gasteiger partial charge in [0.15, 0.2) is 0 Å². The first-order valence-corrected chi connectivity index (χ1v) is 4.99. The standard InChI is InChI=1S/C11H13NO3/c13-11(14)9(5-8-6-15-7-8)10-3-1-2-4-12-10/h1-4,8-9H,5-7H2,(H,13,14). The molecular weight excluding hydrogens is 194 g/mol. The Morgan fingerprint density at radius 3 is 2.87 bits per heavy atom. The Labute approximate surface area is 87.9 Å². The number of rotatable bonds is 4. The van der Waals surface area contributed by atoms with Gasteiger partial charge in [0.1, 0.15) is 0 Å². The predicted molar refractivity (Wildman–Crippen MR) is 53.5 cm³/mol. The lowest BCUT2D eigenvalue weighted by molar-refractivity contribution is -0.140. The van der Waals surface area contributed by atoms with E-state index in [1.807, 2.05) is 6.07 Å². The van der Waals surface area contributed by atoms with E-state index in [2.05, 4.69) is 4.98 Å². The summed E-state index contributed by atoms with van der Waals surface area (Å²) in [7, 11) is 0. The molecule has 4 heteroatoms. The average molecular weight is 207 g/mol. The van der Waals surface area contributed by atoms with Gasteiger partial charge < -0.3 is 9.84 Å². The van der Waals surface area contributed by atoms with Gasteiger partial charge in [-0.25, -0.2) is 0 Å². The van der Waals surface area contributed by atoms with Crippen LogP contribution < -0.4 is 0 Å². The molecule has 0 amide bonds. The minimum Gasteiger partial charge on any atom is -0.481 e. The van der Waals surface area contributed by atoms with Crippen molar-refractivity contribution in [3.8, 4) is 0 Å². The van der Waals surface area contributed by atoms with Crippen LogP contribution in [0.15, 0.2) is 24.4 Å². The molecule has 1 saturated heterocycles. The van der Waals surface area contributed by atoms with E-state index in [0.717, 1.165) is 0 Å². The Morgan fingerprint density at radius 2 is 2.40 bits per heavy atom. The molecule has 0 saturated carbocycles. The number of carboxylic acids is 1. The molecule has 1 atom stereocenters. The van der Waals surface area contributed by atoms with Gasteiger partial charge in [-0.15, -0.1) is 0 Å². The van der Waals surface area contributed by atoms with Gasteiger partial charge in [0, 0.05) is 12.1 Å². The van der Waals surface area contributed by atoms with E-state index in [-0.39, 0.29) is 0 Å². The van der Waals surface area contributed by atoms with Crippen LogP contribution in [-0.4, -0.2) is 29.3 Å². The summed E-state index contributed by atoms with van der Waals surface area (Å²) in [5, 5.41) is 9.11. The number of aliphatic carboxylic acids is 1. The van der Waals surface area contributed by atoms with Crippen LogP contribution in [0, 0.1) is 5.92 Å². The molecular formula is C11H13NO3. The smallest absolute Gasteiger partial charge is 0.312 e. The highest BCUT2D eigenvalue weighted by Gasteiger charge is 2.28. The molecule has 0 radical (unpaired) electrons. The van der Waals surface area contributed by atoms with Crippen LogP contribution >= 0.6 is 0 Å². The van der Waals surface area contributed by atoms with Gasteiger partial charge in [-0.1, -0.05) is 6.07 Å². The van der Waals surface area contributed by atoms with Crippen LogP contribution in [-0.2, 0) is 9.53 Å². The fourth-order valence-corrected chi connectivity index (χ4v) is 1.68. The van der Waals surface area contributed by atoms with E-state index < -0.39 is 11.9 Å². The summed E-state index contributed by atoms with van der Waals surface area (Å²) in [5.74, 6) is -0.936. The highest BCUT2D eigenvalue weighted by atomic mass is 16.5. The van der Waals surface area contributed by atoms with Crippen molar-refractivity contribution in [1.82, 2.24) is 4.98 Å². The highest BCUT2D eigenvalue weighted by Crippen LogP contribution is 2.26. The van der Waals surface area contributed by atoms with Gasteiger partial charge in [-0.3, -0.25) is 9.78 Å². The molecule has 0 spiro atoms. The third-order valence-corrected chi connectivity index (χ3v) is 2.62. The fourth-order valence-electron chi connectivity index (χ4n) is 1.68. The number of hydrogen-bond acceptors (Lipinski definition) is 3. The summed E-state index contributed by atoms with van der Waals surface area (Å²) in [6.45, 7) is 1.35. The quantitative estimate of drug-likeness (QED) is 0.808. The summed E-state index contributed by atoms with van der Waals surface area (Å²) < 4.78 is 5.04. The first-order chi connectivity index (χ1) is 7.27. The molecule has 1 N–H and O–H groups in total. The Balaban J connectivity index is 2.08. The summed E-state index contributed by atoms with van der Waals surface area (Å²) in [6, 6.07) is 5.36. The van der Waals surface area contributed by atoms with Crippen LogP contribution in [0.25, 0.3) is 0 Å². The number of ether oxygens (including phenoxy) is 1. The maximum absolute atomic E-state index is 11.1. The van der Waals surface area contributed by atoms with Gasteiger partial charge in [0.25, 0.3) is 0 Å². The monoisotopic (exact) mass is 207 g/mol. The number of hydrogen-bond donors (Lipinski definition) is 1. The predicted octanol–water partition coefficient (Wildman–Crippen LogP) is 1.29. The number of nitrogens with zero attached hydrogens (tertiary/aromatic N) is 1. The molecule has 1 aliphatic rings. The lowest BCUT2D eigenvalue weighted by Crippen LogP contribution is -2.31. The zero-order chi connectivity index (χ0) is 10.7. The van der Waals surface area contributed by atoms with E-state index in [1.165, 1.54) is 0 Å². The topological polar surface area (TPSA) is 59.4 Å². The molecule has 0 aliphatic carbocycles. The van der Waals surface area contributed by atoms with Crippen LogP contribution in [0.3, 0.4) is 0 Å². The second-order valence-corrected chi connectivity index (χ2v) is 3.78. The van der Waals surface area contributed by atoms with Crippen LogP contribution in [0.1, 0.15) is 18.0 Å². The lowest BCUT2D eigenvalue weighted by atomic mass is 9.90.